The van der Waals surface area contributed by atoms with Crippen LogP contribution in [0.15, 0.2) is 0 Å². The van der Waals surface area contributed by atoms with E-state index in [1.165, 1.54) is 6.01 Å². The van der Waals surface area contributed by atoms with E-state index in [4.69, 9.17) is 10.8 Å². The maximum Gasteiger partial charge on any atom is 0.0831 e. The van der Waals surface area contributed by atoms with Crippen molar-refractivity contribution in [2.75, 3.05) is 0 Å². The van der Waals surface area contributed by atoms with Crippen LogP contribution in [0.3, 0.4) is 0 Å². The van der Waals surface area contributed by atoms with Gasteiger partial charge in [0.25, 0.3) is 0 Å². The molecule has 0 heterocycles. The molecule has 0 unspecified atom stereocenters. The molecular weight excluding hydrogens is 232 g/mol. The van der Waals surface area contributed by atoms with E-state index in [1.807, 2.05) is 0 Å². The molecule has 14 heteroatoms. The molecule has 0 amide bonds. The van der Waals surface area contributed by atoms with Gasteiger partial charge in [-0.25, -0.2) is 10.8 Å². The fraction of sp³-hybridized carbons (Fsp3) is 0. The zero-order chi connectivity index (χ0) is 2.71. The summed E-state index contributed by atoms with van der Waals surface area (Å²) in [7, 11) is 0. The van der Waals surface area contributed by atoms with E-state index in [0.29, 0.717) is 0 Å². The van der Waals surface area contributed by atoms with Crippen LogP contribution < -0.4 is 0 Å². The van der Waals surface area contributed by atoms with Crippen molar-refractivity contribution in [3.05, 3.63) is 0 Å². The lowest BCUT2D eigenvalue weighted by molar-refractivity contribution is 0.823. The standard InChI is InChI=1S/CH2N2.12H2O/c2-1-3;;;;;;;;;;;;/h2-3H;12*1H2. The first-order chi connectivity index (χ1) is 1.41. The van der Waals surface area contributed by atoms with Crippen LogP contribution in [0.2, 0.25) is 0 Å². The van der Waals surface area contributed by atoms with E-state index < -0.39 is 0 Å². The molecule has 26 N–H and O–H groups in total. The Bertz CT molecular complexity index is 34.6. The van der Waals surface area contributed by atoms with Gasteiger partial charge in [-0.15, -0.1) is 0 Å². The van der Waals surface area contributed by atoms with Crippen LogP contribution in [0.1, 0.15) is 0 Å². The normalized spacial score (nSPS) is 0.533. The Kier molecular flexibility index (Phi) is 34800000. The second-order valence-electron chi connectivity index (χ2n) is 0.125. The van der Waals surface area contributed by atoms with Gasteiger partial charge in [-0.2, -0.15) is 0 Å². The zero-order valence-electron chi connectivity index (χ0n) is 7.50. The van der Waals surface area contributed by atoms with Crippen molar-refractivity contribution >= 4 is 6.01 Å². The Labute approximate surface area is 83.9 Å². The van der Waals surface area contributed by atoms with Crippen molar-refractivity contribution < 1.29 is 65.7 Å². The molecular formula is CH26N2O12. The number of hydrogen-bond acceptors (Lipinski definition) is 2. The summed E-state index contributed by atoms with van der Waals surface area (Å²) in [6, 6.07) is 1.25. The van der Waals surface area contributed by atoms with Gasteiger partial charge < -0.3 is 65.7 Å². The van der Waals surface area contributed by atoms with E-state index >= 15 is 0 Å². The minimum atomic E-state index is 0. The summed E-state index contributed by atoms with van der Waals surface area (Å²) < 4.78 is 0. The minimum absolute atomic E-state index is 0. The Morgan fingerprint density at radius 2 is 0.333 bits per heavy atom. The molecule has 0 aromatic carbocycles. The summed E-state index contributed by atoms with van der Waals surface area (Å²) in [5.74, 6) is 0. The first-order valence-corrected chi connectivity index (χ1v) is 0.500. The number of hydrogen-bond donors (Lipinski definition) is 2. The summed E-state index contributed by atoms with van der Waals surface area (Å²) >= 11 is 0. The van der Waals surface area contributed by atoms with Gasteiger partial charge in [-0.05, 0) is 0 Å². The molecule has 0 atom stereocenters. The predicted octanol–water partition coefficient (Wildman–Crippen LogP) is -9.58. The molecule has 0 fully saturated rings. The maximum absolute atomic E-state index is 5.62. The van der Waals surface area contributed by atoms with Crippen molar-refractivity contribution in [2.45, 2.75) is 0 Å². The van der Waals surface area contributed by atoms with E-state index in [-0.39, 0.29) is 65.7 Å². The molecule has 0 bridgehead atoms. The topological polar surface area (TPSA) is 426 Å². The molecule has 0 radical (unpaired) electrons. The monoisotopic (exact) mass is 258 g/mol. The smallest absolute Gasteiger partial charge is 0.0831 e. The largest absolute Gasteiger partial charge is 0.412 e. The van der Waals surface area contributed by atoms with Gasteiger partial charge in [0, 0.05) is 0 Å². The van der Waals surface area contributed by atoms with Crippen LogP contribution in [0.25, 0.3) is 0 Å². The first-order valence-electron chi connectivity index (χ1n) is 0.500. The molecule has 0 aromatic heterocycles. The van der Waals surface area contributed by atoms with Gasteiger partial charge in [0.05, 0.1) is 6.01 Å². The lowest BCUT2D eigenvalue weighted by Gasteiger charge is -1.09. The van der Waals surface area contributed by atoms with Crippen molar-refractivity contribution in [3.8, 4) is 0 Å². The Hall–Kier alpha value is -1.10. The molecule has 0 spiro atoms. The summed E-state index contributed by atoms with van der Waals surface area (Å²) in [4.78, 5) is 0. The fourth-order valence-electron chi connectivity index (χ4n) is 0. The van der Waals surface area contributed by atoms with Crippen molar-refractivity contribution in [2.24, 2.45) is 0 Å². The third kappa shape index (κ3) is 1270. The molecule has 0 aromatic rings. The summed E-state index contributed by atoms with van der Waals surface area (Å²) in [6.07, 6.45) is 0. The SMILES string of the molecule is N=C=N.O.O.O.O.O.O.O.O.O.O.O.O. The lowest BCUT2D eigenvalue weighted by atomic mass is 11.6. The molecule has 0 aliphatic rings. The second-order valence-corrected chi connectivity index (χ2v) is 0.125. The van der Waals surface area contributed by atoms with Crippen LogP contribution in [-0.4, -0.2) is 71.7 Å². The summed E-state index contributed by atoms with van der Waals surface area (Å²) in [6.45, 7) is 0. The highest BCUT2D eigenvalue weighted by Gasteiger charge is 0.934. The molecule has 0 aliphatic heterocycles. The Balaban J connectivity index is -0.000000000303. The highest BCUT2D eigenvalue weighted by atomic mass is 16.0. The quantitative estimate of drug-likeness (QED) is 0.381. The minimum Gasteiger partial charge on any atom is -0.412 e. The number of nitrogens with one attached hydrogen (secondary N) is 2. The van der Waals surface area contributed by atoms with Crippen molar-refractivity contribution in [1.29, 1.82) is 10.8 Å². The third-order valence-corrected chi connectivity index (χ3v) is 0. The molecule has 0 saturated heterocycles. The Morgan fingerprint density at radius 1 is 0.333 bits per heavy atom. The highest BCUT2D eigenvalue weighted by Crippen LogP contribution is 0.920. The Morgan fingerprint density at radius 3 is 0.333 bits per heavy atom. The van der Waals surface area contributed by atoms with Gasteiger partial charge in [-0.3, -0.25) is 0 Å². The highest BCUT2D eigenvalue weighted by molar-refractivity contribution is 5.29. The first kappa shape index (κ1) is 2860. The molecule has 112 valence electrons. The summed E-state index contributed by atoms with van der Waals surface area (Å²) in [5, 5.41) is 11.2. The second kappa shape index (κ2) is 183000. The van der Waals surface area contributed by atoms with Gasteiger partial charge in [0.2, 0.25) is 0 Å². The lowest BCUT2D eigenvalue weighted by Crippen LogP contribution is -1.11. The molecule has 15 heavy (non-hydrogen) atoms. The van der Waals surface area contributed by atoms with Gasteiger partial charge >= 0.3 is 0 Å². The summed E-state index contributed by atoms with van der Waals surface area (Å²) in [5.41, 5.74) is 0. The fourth-order valence-corrected chi connectivity index (χ4v) is 0. The zero-order valence-corrected chi connectivity index (χ0v) is 7.50. The van der Waals surface area contributed by atoms with Crippen LogP contribution in [0.5, 0.6) is 0 Å². The van der Waals surface area contributed by atoms with Crippen LogP contribution in [0, 0.1) is 10.8 Å². The molecule has 0 rings (SSSR count). The maximum atomic E-state index is 5.62. The van der Waals surface area contributed by atoms with Crippen LogP contribution in [-0.2, 0) is 0 Å². The van der Waals surface area contributed by atoms with Crippen molar-refractivity contribution in [3.63, 3.8) is 0 Å². The van der Waals surface area contributed by atoms with Crippen LogP contribution in [0.4, 0.5) is 0 Å². The van der Waals surface area contributed by atoms with Crippen LogP contribution >= 0.6 is 0 Å². The molecule has 0 aliphatic carbocycles. The van der Waals surface area contributed by atoms with E-state index in [0.717, 1.165) is 0 Å². The van der Waals surface area contributed by atoms with Gasteiger partial charge in [0.15, 0.2) is 0 Å². The van der Waals surface area contributed by atoms with E-state index in [1.54, 1.807) is 0 Å². The van der Waals surface area contributed by atoms with Gasteiger partial charge in [0.1, 0.15) is 0 Å². The predicted molar refractivity (Wildman–Crippen MR) is 53.8 cm³/mol. The average Bonchev–Trinajstić information content (AvgIpc) is 0.918. The van der Waals surface area contributed by atoms with Crippen molar-refractivity contribution in [1.82, 2.24) is 0 Å². The van der Waals surface area contributed by atoms with E-state index in [2.05, 4.69) is 0 Å². The average molecular weight is 258 g/mol. The number of rotatable bonds is 0. The molecule has 14 nitrogen and oxygen atoms in total. The van der Waals surface area contributed by atoms with E-state index in [9.17, 15) is 0 Å². The third-order valence-electron chi connectivity index (χ3n) is 0. The van der Waals surface area contributed by atoms with Gasteiger partial charge in [-0.1, -0.05) is 0 Å². The molecule has 0 saturated carbocycles.